The number of rotatable bonds is 4. The Bertz CT molecular complexity index is 635. The summed E-state index contributed by atoms with van der Waals surface area (Å²) in [5.74, 6) is 0.346. The van der Waals surface area contributed by atoms with Gasteiger partial charge in [-0.05, 0) is 55.0 Å². The molecule has 0 fully saturated rings. The van der Waals surface area contributed by atoms with Crippen molar-refractivity contribution in [1.82, 2.24) is 0 Å². The van der Waals surface area contributed by atoms with Crippen molar-refractivity contribution in [3.05, 3.63) is 64.7 Å². The van der Waals surface area contributed by atoms with E-state index in [0.29, 0.717) is 10.9 Å². The van der Waals surface area contributed by atoms with Gasteiger partial charge in [-0.25, -0.2) is 0 Å². The molecule has 22 heavy (non-hydrogen) atoms. The highest BCUT2D eigenvalue weighted by Gasteiger charge is 2.30. The number of carbonyl (C=O) groups excluding carboxylic acids is 1. The van der Waals surface area contributed by atoms with Gasteiger partial charge in [-0.3, -0.25) is 4.79 Å². The third kappa shape index (κ3) is 4.45. The van der Waals surface area contributed by atoms with Gasteiger partial charge in [-0.1, -0.05) is 61.4 Å². The molecule has 0 saturated heterocycles. The fraction of sp³-hybridized carbons (Fsp3) is 0.350. The Morgan fingerprint density at radius 1 is 1.32 bits per heavy atom. The first-order chi connectivity index (χ1) is 10.4. The molecule has 0 spiro atoms. The SMILES string of the molecule is CC1=CCCC(C)(C)C1/C=C/C(=O)/C=C/c1cccc(Cl)c1. The van der Waals surface area contributed by atoms with E-state index in [1.54, 1.807) is 18.2 Å². The Morgan fingerprint density at radius 2 is 2.09 bits per heavy atom. The largest absolute Gasteiger partial charge is 0.290 e. The van der Waals surface area contributed by atoms with Crippen molar-refractivity contribution in [2.75, 3.05) is 0 Å². The second-order valence-electron chi connectivity index (χ2n) is 6.60. The summed E-state index contributed by atoms with van der Waals surface area (Å²) in [5, 5.41) is 0.676. The molecule has 1 aromatic rings. The lowest BCUT2D eigenvalue weighted by atomic mass is 9.68. The smallest absolute Gasteiger partial charge is 0.178 e. The molecular weight excluding hydrogens is 292 g/mol. The highest BCUT2D eigenvalue weighted by molar-refractivity contribution is 6.30. The molecule has 0 radical (unpaired) electrons. The monoisotopic (exact) mass is 314 g/mol. The van der Waals surface area contributed by atoms with Crippen molar-refractivity contribution in [2.45, 2.75) is 33.6 Å². The maximum atomic E-state index is 12.0. The Kier molecular flexibility index (Phi) is 5.42. The topological polar surface area (TPSA) is 17.1 Å². The van der Waals surface area contributed by atoms with E-state index >= 15 is 0 Å². The second kappa shape index (κ2) is 7.11. The zero-order valence-corrected chi connectivity index (χ0v) is 14.2. The maximum absolute atomic E-state index is 12.0. The van der Waals surface area contributed by atoms with E-state index in [0.717, 1.165) is 18.4 Å². The quantitative estimate of drug-likeness (QED) is 0.502. The molecule has 2 rings (SSSR count). The van der Waals surface area contributed by atoms with Gasteiger partial charge in [-0.15, -0.1) is 0 Å². The van der Waals surface area contributed by atoms with Crippen LogP contribution < -0.4 is 0 Å². The minimum absolute atomic E-state index is 0.00847. The maximum Gasteiger partial charge on any atom is 0.178 e. The summed E-state index contributed by atoms with van der Waals surface area (Å²) in [6.07, 6.45) is 11.7. The zero-order chi connectivity index (χ0) is 16.2. The molecule has 1 unspecified atom stereocenters. The van der Waals surface area contributed by atoms with E-state index in [1.165, 1.54) is 5.57 Å². The van der Waals surface area contributed by atoms with Gasteiger partial charge in [0.25, 0.3) is 0 Å². The van der Waals surface area contributed by atoms with E-state index in [-0.39, 0.29) is 11.2 Å². The van der Waals surface area contributed by atoms with Gasteiger partial charge in [0, 0.05) is 10.9 Å². The molecular formula is C20H23ClO. The van der Waals surface area contributed by atoms with Crippen molar-refractivity contribution in [3.8, 4) is 0 Å². The van der Waals surface area contributed by atoms with Gasteiger partial charge < -0.3 is 0 Å². The lowest BCUT2D eigenvalue weighted by Crippen LogP contribution is -2.26. The molecule has 1 aromatic carbocycles. The Morgan fingerprint density at radius 3 is 2.77 bits per heavy atom. The number of benzene rings is 1. The number of ketones is 1. The van der Waals surface area contributed by atoms with E-state index < -0.39 is 0 Å². The molecule has 116 valence electrons. The van der Waals surface area contributed by atoms with E-state index in [2.05, 4.69) is 32.9 Å². The van der Waals surface area contributed by atoms with Crippen LogP contribution in [0.25, 0.3) is 6.08 Å². The summed E-state index contributed by atoms with van der Waals surface area (Å²) in [7, 11) is 0. The van der Waals surface area contributed by atoms with E-state index in [9.17, 15) is 4.79 Å². The fourth-order valence-corrected chi connectivity index (χ4v) is 3.22. The molecule has 0 amide bonds. The molecule has 0 saturated carbocycles. The van der Waals surface area contributed by atoms with Gasteiger partial charge >= 0.3 is 0 Å². The molecule has 1 nitrogen and oxygen atoms in total. The molecule has 1 aliphatic carbocycles. The van der Waals surface area contributed by atoms with Crippen LogP contribution in [0.3, 0.4) is 0 Å². The second-order valence-corrected chi connectivity index (χ2v) is 7.04. The lowest BCUT2D eigenvalue weighted by Gasteiger charge is -2.36. The third-order valence-electron chi connectivity index (χ3n) is 4.33. The van der Waals surface area contributed by atoms with Crippen LogP contribution in [0.2, 0.25) is 5.02 Å². The Labute approximate surface area is 138 Å². The summed E-state index contributed by atoms with van der Waals surface area (Å²) in [6, 6.07) is 7.46. The van der Waals surface area contributed by atoms with Crippen LogP contribution in [0.15, 0.2) is 54.1 Å². The van der Waals surface area contributed by atoms with Crippen LogP contribution in [-0.4, -0.2) is 5.78 Å². The highest BCUT2D eigenvalue weighted by Crippen LogP contribution is 2.41. The van der Waals surface area contributed by atoms with E-state index in [4.69, 9.17) is 11.6 Å². The first-order valence-electron chi connectivity index (χ1n) is 7.71. The number of hydrogen-bond donors (Lipinski definition) is 0. The molecule has 0 aliphatic heterocycles. The first-order valence-corrected chi connectivity index (χ1v) is 8.09. The van der Waals surface area contributed by atoms with Crippen LogP contribution >= 0.6 is 11.6 Å². The van der Waals surface area contributed by atoms with Gasteiger partial charge in [0.1, 0.15) is 0 Å². The van der Waals surface area contributed by atoms with Crippen LogP contribution in [0, 0.1) is 11.3 Å². The van der Waals surface area contributed by atoms with Gasteiger partial charge in [0.2, 0.25) is 0 Å². The molecule has 0 N–H and O–H groups in total. The number of hydrogen-bond acceptors (Lipinski definition) is 1. The summed E-state index contributed by atoms with van der Waals surface area (Å²) in [5.41, 5.74) is 2.51. The summed E-state index contributed by atoms with van der Waals surface area (Å²) in [6.45, 7) is 6.69. The van der Waals surface area contributed by atoms with Crippen molar-refractivity contribution in [2.24, 2.45) is 11.3 Å². The predicted molar refractivity (Wildman–Crippen MR) is 94.9 cm³/mol. The van der Waals surface area contributed by atoms with Crippen LogP contribution in [0.5, 0.6) is 0 Å². The summed E-state index contributed by atoms with van der Waals surface area (Å²) in [4.78, 5) is 12.0. The minimum Gasteiger partial charge on any atom is -0.290 e. The number of halogens is 1. The van der Waals surface area contributed by atoms with Crippen LogP contribution in [0.1, 0.15) is 39.2 Å². The number of allylic oxidation sites excluding steroid dienone is 5. The van der Waals surface area contributed by atoms with Crippen molar-refractivity contribution >= 4 is 23.5 Å². The van der Waals surface area contributed by atoms with Crippen molar-refractivity contribution in [1.29, 1.82) is 0 Å². The molecule has 0 heterocycles. The average molecular weight is 315 g/mol. The van der Waals surface area contributed by atoms with E-state index in [1.807, 2.05) is 24.3 Å². The Balaban J connectivity index is 2.05. The van der Waals surface area contributed by atoms with Gasteiger partial charge in [0.15, 0.2) is 5.78 Å². The van der Waals surface area contributed by atoms with Gasteiger partial charge in [0.05, 0.1) is 0 Å². The minimum atomic E-state index is 0.00847. The Hall–Kier alpha value is -1.60. The van der Waals surface area contributed by atoms with Crippen LogP contribution in [0.4, 0.5) is 0 Å². The predicted octanol–water partition coefficient (Wildman–Crippen LogP) is 5.86. The standard InChI is InChI=1S/C20H23ClO/c1-15-6-5-13-20(2,3)19(15)12-11-18(22)10-9-16-7-4-8-17(21)14-16/h4,6-12,14,19H,5,13H2,1-3H3/b10-9+,12-11+. The number of carbonyl (C=O) groups is 1. The molecule has 0 aromatic heterocycles. The average Bonchev–Trinajstić information content (AvgIpc) is 2.44. The first kappa shape index (κ1) is 16.8. The summed E-state index contributed by atoms with van der Waals surface area (Å²) < 4.78 is 0. The molecule has 1 aliphatic rings. The lowest BCUT2D eigenvalue weighted by molar-refractivity contribution is -0.110. The normalized spacial score (nSPS) is 21.3. The highest BCUT2D eigenvalue weighted by atomic mass is 35.5. The fourth-order valence-electron chi connectivity index (χ4n) is 3.02. The van der Waals surface area contributed by atoms with Crippen LogP contribution in [-0.2, 0) is 4.79 Å². The van der Waals surface area contributed by atoms with Crippen molar-refractivity contribution in [3.63, 3.8) is 0 Å². The van der Waals surface area contributed by atoms with Crippen molar-refractivity contribution < 1.29 is 4.79 Å². The molecule has 2 heteroatoms. The molecule has 0 bridgehead atoms. The molecule has 1 atom stereocenters. The third-order valence-corrected chi connectivity index (χ3v) is 4.56. The zero-order valence-electron chi connectivity index (χ0n) is 13.5. The summed E-state index contributed by atoms with van der Waals surface area (Å²) >= 11 is 5.93. The van der Waals surface area contributed by atoms with Gasteiger partial charge in [-0.2, -0.15) is 0 Å².